The molecule has 4 nitrogen and oxygen atoms in total. The monoisotopic (exact) mass is 115 g/mol. The van der Waals surface area contributed by atoms with Crippen LogP contribution in [0.5, 0.6) is 0 Å². The Bertz CT molecular complexity index is 129. The number of hydrogen-bond acceptors (Lipinski definition) is 4. The number of hydrogen-bond donors (Lipinski definition) is 0. The first kappa shape index (κ1) is 6.94. The summed E-state index contributed by atoms with van der Waals surface area (Å²) in [6, 6.07) is 0. The summed E-state index contributed by atoms with van der Waals surface area (Å²) in [4.78, 5) is 29.4. The average molecular weight is 115 g/mol. The fourth-order valence-electron chi connectivity index (χ4n) is 0.170. The van der Waals surface area contributed by atoms with Gasteiger partial charge in [-0.1, -0.05) is 5.18 Å². The molecule has 0 N–H and O–H groups in total. The maximum Gasteiger partial charge on any atom is 0.222 e. The van der Waals surface area contributed by atoms with Gasteiger partial charge in [-0.15, -0.1) is 0 Å². The average Bonchev–Trinajstić information content (AvgIpc) is 1.67. The number of ketones is 2. The van der Waals surface area contributed by atoms with Gasteiger partial charge in [0.15, 0.2) is 5.78 Å². The number of rotatable bonds is 3. The standard InChI is InChI=1S/C4H5NO3/c1-3(6)4(7)2-5-8/h2H2,1H3. The minimum Gasteiger partial charge on any atom is -0.291 e. The van der Waals surface area contributed by atoms with Crippen LogP contribution in [0.1, 0.15) is 6.92 Å². The third-order valence-corrected chi connectivity index (χ3v) is 0.601. The lowest BCUT2D eigenvalue weighted by atomic mass is 10.3. The maximum absolute atomic E-state index is 10.1. The Morgan fingerprint density at radius 2 is 2.00 bits per heavy atom. The Hall–Kier alpha value is -1.06. The van der Waals surface area contributed by atoms with Crippen molar-refractivity contribution in [2.45, 2.75) is 6.92 Å². The molecule has 8 heavy (non-hydrogen) atoms. The highest BCUT2D eigenvalue weighted by Crippen LogP contribution is 1.74. The van der Waals surface area contributed by atoms with Gasteiger partial charge in [0, 0.05) is 6.92 Å². The Kier molecular flexibility index (Phi) is 2.61. The predicted octanol–water partition coefficient (Wildman–Crippen LogP) is -0.0891. The van der Waals surface area contributed by atoms with E-state index in [0.717, 1.165) is 6.92 Å². The van der Waals surface area contributed by atoms with Crippen molar-refractivity contribution in [1.29, 1.82) is 0 Å². The molecule has 0 aromatic heterocycles. The summed E-state index contributed by atoms with van der Waals surface area (Å²) in [5.41, 5.74) is 0. The van der Waals surface area contributed by atoms with Crippen LogP contribution in [0.2, 0.25) is 0 Å². The highest BCUT2D eigenvalue weighted by molar-refractivity contribution is 6.37. The van der Waals surface area contributed by atoms with Gasteiger partial charge in [0.2, 0.25) is 5.78 Å². The molecule has 0 aliphatic carbocycles. The van der Waals surface area contributed by atoms with Crippen molar-refractivity contribution >= 4 is 11.6 Å². The van der Waals surface area contributed by atoms with E-state index >= 15 is 0 Å². The molecule has 0 atom stereocenters. The number of carbonyl (C=O) groups excluding carboxylic acids is 2. The topological polar surface area (TPSA) is 63.6 Å². The Morgan fingerprint density at radius 1 is 1.50 bits per heavy atom. The van der Waals surface area contributed by atoms with E-state index in [1.807, 2.05) is 0 Å². The number of Topliss-reactive ketones (excluding diaryl/α,β-unsaturated/α-hetero) is 2. The normalized spacial score (nSPS) is 8.12. The van der Waals surface area contributed by atoms with Crippen LogP contribution in [-0.4, -0.2) is 18.1 Å². The first-order valence-electron chi connectivity index (χ1n) is 2.01. The molecule has 4 heteroatoms. The molecule has 0 amide bonds. The maximum atomic E-state index is 10.1. The molecular formula is C4H5NO3. The number of nitrogens with zero attached hydrogens (tertiary/aromatic N) is 1. The molecule has 0 unspecified atom stereocenters. The van der Waals surface area contributed by atoms with Crippen LogP contribution in [0.25, 0.3) is 0 Å². The van der Waals surface area contributed by atoms with E-state index in [4.69, 9.17) is 0 Å². The molecule has 0 bridgehead atoms. The summed E-state index contributed by atoms with van der Waals surface area (Å²) in [7, 11) is 0. The van der Waals surface area contributed by atoms with E-state index in [2.05, 4.69) is 5.18 Å². The smallest absolute Gasteiger partial charge is 0.222 e. The van der Waals surface area contributed by atoms with Gasteiger partial charge in [0.1, 0.15) is 6.54 Å². The number of nitroso groups, excluding NO2 is 1. The third kappa shape index (κ3) is 2.17. The van der Waals surface area contributed by atoms with Crippen LogP contribution in [0.4, 0.5) is 0 Å². The van der Waals surface area contributed by atoms with Crippen LogP contribution in [0, 0.1) is 4.91 Å². The lowest BCUT2D eigenvalue weighted by Gasteiger charge is -1.80. The SMILES string of the molecule is CC(=O)C(=O)CN=O. The van der Waals surface area contributed by atoms with Gasteiger partial charge in [-0.3, -0.25) is 9.59 Å². The van der Waals surface area contributed by atoms with Crippen LogP contribution in [0.15, 0.2) is 5.18 Å². The second-order valence-corrected chi connectivity index (χ2v) is 1.27. The van der Waals surface area contributed by atoms with E-state index < -0.39 is 18.1 Å². The summed E-state index contributed by atoms with van der Waals surface area (Å²) in [6.07, 6.45) is 0. The minimum absolute atomic E-state index is 0.532. The molecule has 0 aromatic rings. The summed E-state index contributed by atoms with van der Waals surface area (Å²) < 4.78 is 0. The third-order valence-electron chi connectivity index (χ3n) is 0.601. The Balaban J connectivity index is 3.65. The van der Waals surface area contributed by atoms with Crippen LogP contribution in [0.3, 0.4) is 0 Å². The fourth-order valence-corrected chi connectivity index (χ4v) is 0.170. The van der Waals surface area contributed by atoms with Gasteiger partial charge in [0.05, 0.1) is 0 Å². The van der Waals surface area contributed by atoms with Gasteiger partial charge >= 0.3 is 0 Å². The molecule has 0 saturated heterocycles. The molecule has 0 saturated carbocycles. The van der Waals surface area contributed by atoms with Crippen molar-refractivity contribution in [1.82, 2.24) is 0 Å². The number of carbonyl (C=O) groups is 2. The lowest BCUT2D eigenvalue weighted by Crippen LogP contribution is -2.11. The quantitative estimate of drug-likeness (QED) is 0.381. The van der Waals surface area contributed by atoms with Crippen LogP contribution >= 0.6 is 0 Å². The van der Waals surface area contributed by atoms with Gasteiger partial charge < -0.3 is 0 Å². The first-order chi connectivity index (χ1) is 3.68. The second-order valence-electron chi connectivity index (χ2n) is 1.27. The summed E-state index contributed by atoms with van der Waals surface area (Å²) in [5.74, 6) is -1.36. The molecule has 0 spiro atoms. The zero-order chi connectivity index (χ0) is 6.57. The van der Waals surface area contributed by atoms with Crippen molar-refractivity contribution in [3.8, 4) is 0 Å². The van der Waals surface area contributed by atoms with E-state index in [9.17, 15) is 14.5 Å². The van der Waals surface area contributed by atoms with Crippen LogP contribution in [-0.2, 0) is 9.59 Å². The molecule has 0 rings (SSSR count). The zero-order valence-corrected chi connectivity index (χ0v) is 4.38. The van der Waals surface area contributed by atoms with Gasteiger partial charge in [-0.05, 0) is 0 Å². The van der Waals surface area contributed by atoms with E-state index in [1.54, 1.807) is 0 Å². The highest BCUT2D eigenvalue weighted by atomic mass is 16.3. The largest absolute Gasteiger partial charge is 0.291 e. The highest BCUT2D eigenvalue weighted by Gasteiger charge is 2.05. The van der Waals surface area contributed by atoms with E-state index in [1.165, 1.54) is 0 Å². The predicted molar refractivity (Wildman–Crippen MR) is 26.3 cm³/mol. The summed E-state index contributed by atoms with van der Waals surface area (Å²) in [5, 5.41) is 2.24. The second kappa shape index (κ2) is 3.01. The van der Waals surface area contributed by atoms with Crippen molar-refractivity contribution in [2.75, 3.05) is 6.54 Å². The zero-order valence-electron chi connectivity index (χ0n) is 4.38. The van der Waals surface area contributed by atoms with Crippen molar-refractivity contribution in [3.63, 3.8) is 0 Å². The molecule has 0 heterocycles. The first-order valence-corrected chi connectivity index (χ1v) is 2.01. The van der Waals surface area contributed by atoms with Crippen molar-refractivity contribution < 1.29 is 9.59 Å². The van der Waals surface area contributed by atoms with Gasteiger partial charge in [-0.25, -0.2) is 0 Å². The molecule has 44 valence electrons. The van der Waals surface area contributed by atoms with Gasteiger partial charge in [-0.2, -0.15) is 4.91 Å². The molecule has 0 radical (unpaired) electrons. The molecule has 0 fully saturated rings. The molecule has 0 aromatic carbocycles. The molecular weight excluding hydrogens is 110 g/mol. The Morgan fingerprint density at radius 3 is 2.12 bits per heavy atom. The lowest BCUT2D eigenvalue weighted by molar-refractivity contribution is -0.134. The van der Waals surface area contributed by atoms with E-state index in [0.29, 0.717) is 0 Å². The summed E-state index contributed by atoms with van der Waals surface area (Å²) >= 11 is 0. The molecule has 0 aliphatic heterocycles. The molecule has 0 aliphatic rings. The van der Waals surface area contributed by atoms with Crippen molar-refractivity contribution in [2.24, 2.45) is 5.18 Å². The Labute approximate surface area is 45.9 Å². The van der Waals surface area contributed by atoms with Crippen LogP contribution < -0.4 is 0 Å². The van der Waals surface area contributed by atoms with Crippen molar-refractivity contribution in [3.05, 3.63) is 4.91 Å². The summed E-state index contributed by atoms with van der Waals surface area (Å²) in [6.45, 7) is 0.572. The minimum atomic E-state index is -0.736. The van der Waals surface area contributed by atoms with Gasteiger partial charge in [0.25, 0.3) is 0 Å². The fraction of sp³-hybridized carbons (Fsp3) is 0.500. The van der Waals surface area contributed by atoms with E-state index in [-0.39, 0.29) is 0 Å².